The molecule has 2 N–H and O–H groups in total. The second kappa shape index (κ2) is 5.65. The van der Waals surface area contributed by atoms with Crippen molar-refractivity contribution in [2.45, 2.75) is 39.3 Å². The van der Waals surface area contributed by atoms with E-state index in [1.165, 1.54) is 25.1 Å². The Morgan fingerprint density at radius 1 is 1.41 bits per heavy atom. The minimum atomic E-state index is 0.459. The maximum Gasteiger partial charge on any atom is 0.0948 e. The molecule has 1 saturated heterocycles. The molecule has 1 aromatic rings. The molecule has 1 aliphatic heterocycles. The molecule has 0 aromatic carbocycles. The molecule has 1 aromatic heterocycles. The molecule has 0 amide bonds. The van der Waals surface area contributed by atoms with Gasteiger partial charge in [0.2, 0.25) is 0 Å². The van der Waals surface area contributed by atoms with E-state index in [-0.39, 0.29) is 0 Å². The van der Waals surface area contributed by atoms with Crippen molar-refractivity contribution in [2.75, 3.05) is 19.6 Å². The molecule has 1 aliphatic rings. The third-order valence-electron chi connectivity index (χ3n) is 3.96. The molecule has 0 spiro atoms. The van der Waals surface area contributed by atoms with Gasteiger partial charge < -0.3 is 10.3 Å². The Kier molecular flexibility index (Phi) is 4.18. The predicted octanol–water partition coefficient (Wildman–Crippen LogP) is 1.63. The van der Waals surface area contributed by atoms with Gasteiger partial charge in [-0.2, -0.15) is 0 Å². The fourth-order valence-corrected chi connectivity index (χ4v) is 3.02. The summed E-state index contributed by atoms with van der Waals surface area (Å²) in [5.74, 6) is 0.575. The number of rotatable bonds is 4. The quantitative estimate of drug-likeness (QED) is 0.864. The molecule has 4 nitrogen and oxygen atoms in total. The summed E-state index contributed by atoms with van der Waals surface area (Å²) in [5, 5.41) is 0. The highest BCUT2D eigenvalue weighted by atomic mass is 15.2. The number of nitrogens with two attached hydrogens (primary N) is 1. The molecule has 1 fully saturated rings. The lowest BCUT2D eigenvalue weighted by molar-refractivity contribution is 0.0961. The normalized spacial score (nSPS) is 26.3. The highest BCUT2D eigenvalue weighted by Gasteiger charge is 2.32. The van der Waals surface area contributed by atoms with Crippen LogP contribution in [0.25, 0.3) is 0 Å². The average molecular weight is 236 g/mol. The SMILES string of the molecule is CCN1CCCC(CN)C1c1cncn1CC. The molecule has 2 rings (SSSR count). The number of nitrogens with zero attached hydrogens (tertiary/aromatic N) is 3. The topological polar surface area (TPSA) is 47.1 Å². The van der Waals surface area contributed by atoms with Gasteiger partial charge in [0.25, 0.3) is 0 Å². The van der Waals surface area contributed by atoms with E-state index < -0.39 is 0 Å². The summed E-state index contributed by atoms with van der Waals surface area (Å²) in [4.78, 5) is 6.85. The van der Waals surface area contributed by atoms with Crippen LogP contribution in [0.2, 0.25) is 0 Å². The molecular formula is C13H24N4. The maximum atomic E-state index is 5.95. The van der Waals surface area contributed by atoms with Gasteiger partial charge in [0.05, 0.1) is 18.1 Å². The molecule has 96 valence electrons. The molecule has 2 atom stereocenters. The number of aromatic nitrogens is 2. The van der Waals surface area contributed by atoms with E-state index in [4.69, 9.17) is 5.73 Å². The molecule has 2 unspecified atom stereocenters. The van der Waals surface area contributed by atoms with Crippen molar-refractivity contribution in [2.24, 2.45) is 11.7 Å². The third kappa shape index (κ3) is 2.38. The van der Waals surface area contributed by atoms with Crippen LogP contribution >= 0.6 is 0 Å². The zero-order valence-corrected chi connectivity index (χ0v) is 11.0. The average Bonchev–Trinajstić information content (AvgIpc) is 2.85. The first kappa shape index (κ1) is 12.6. The first-order chi connectivity index (χ1) is 8.31. The molecule has 4 heteroatoms. The zero-order chi connectivity index (χ0) is 12.3. The van der Waals surface area contributed by atoms with Gasteiger partial charge in [-0.25, -0.2) is 4.98 Å². The smallest absolute Gasteiger partial charge is 0.0948 e. The minimum Gasteiger partial charge on any atom is -0.333 e. The van der Waals surface area contributed by atoms with E-state index in [2.05, 4.69) is 28.3 Å². The summed E-state index contributed by atoms with van der Waals surface area (Å²) < 4.78 is 2.25. The molecule has 0 aliphatic carbocycles. The monoisotopic (exact) mass is 236 g/mol. The third-order valence-corrected chi connectivity index (χ3v) is 3.96. The van der Waals surface area contributed by atoms with Gasteiger partial charge in [-0.3, -0.25) is 4.90 Å². The molecule has 0 bridgehead atoms. The standard InChI is InChI=1S/C13H24N4/c1-3-16-7-5-6-11(8-14)13(16)12-9-15-10-17(12)4-2/h9-11,13H,3-8,14H2,1-2H3. The van der Waals surface area contributed by atoms with Gasteiger partial charge >= 0.3 is 0 Å². The predicted molar refractivity (Wildman–Crippen MR) is 69.7 cm³/mol. The Bertz CT molecular complexity index is 335. The summed E-state index contributed by atoms with van der Waals surface area (Å²) in [7, 11) is 0. The Balaban J connectivity index is 2.29. The number of hydrogen-bond donors (Lipinski definition) is 1. The number of hydrogen-bond acceptors (Lipinski definition) is 3. The Morgan fingerprint density at radius 2 is 2.24 bits per heavy atom. The van der Waals surface area contributed by atoms with Crippen LogP contribution in [-0.4, -0.2) is 34.1 Å². The molecule has 2 heterocycles. The van der Waals surface area contributed by atoms with Crippen LogP contribution < -0.4 is 5.73 Å². The second-order valence-electron chi connectivity index (χ2n) is 4.82. The maximum absolute atomic E-state index is 5.95. The van der Waals surface area contributed by atoms with Crippen LogP contribution in [0.15, 0.2) is 12.5 Å². The summed E-state index contributed by atoms with van der Waals surface area (Å²) in [6.45, 7) is 8.44. The number of piperidine rings is 1. The van der Waals surface area contributed by atoms with Gasteiger partial charge in [-0.15, -0.1) is 0 Å². The highest BCUT2D eigenvalue weighted by Crippen LogP contribution is 2.35. The van der Waals surface area contributed by atoms with Gasteiger partial charge in [0.1, 0.15) is 0 Å². The fraction of sp³-hybridized carbons (Fsp3) is 0.769. The summed E-state index contributed by atoms with van der Waals surface area (Å²) in [6, 6.07) is 0.459. The van der Waals surface area contributed by atoms with Crippen LogP contribution in [0.4, 0.5) is 0 Å². The Labute approximate surface area is 104 Å². The van der Waals surface area contributed by atoms with Crippen molar-refractivity contribution >= 4 is 0 Å². The number of imidazole rings is 1. The van der Waals surface area contributed by atoms with E-state index in [9.17, 15) is 0 Å². The lowest BCUT2D eigenvalue weighted by Gasteiger charge is -2.40. The minimum absolute atomic E-state index is 0.459. The van der Waals surface area contributed by atoms with Crippen molar-refractivity contribution in [1.29, 1.82) is 0 Å². The van der Waals surface area contributed by atoms with Gasteiger partial charge in [-0.1, -0.05) is 6.92 Å². The summed E-state index contributed by atoms with van der Waals surface area (Å²) >= 11 is 0. The van der Waals surface area contributed by atoms with Crippen molar-refractivity contribution < 1.29 is 0 Å². The van der Waals surface area contributed by atoms with Crippen LogP contribution in [0, 0.1) is 5.92 Å². The first-order valence-corrected chi connectivity index (χ1v) is 6.75. The van der Waals surface area contributed by atoms with E-state index in [1.807, 2.05) is 12.5 Å². The van der Waals surface area contributed by atoms with Gasteiger partial charge in [-0.05, 0) is 45.3 Å². The van der Waals surface area contributed by atoms with Gasteiger partial charge in [0, 0.05) is 12.7 Å². The van der Waals surface area contributed by atoms with E-state index in [1.54, 1.807) is 0 Å². The number of likely N-dealkylation sites (tertiary alicyclic amines) is 1. The van der Waals surface area contributed by atoms with Crippen molar-refractivity contribution in [3.63, 3.8) is 0 Å². The lowest BCUT2D eigenvalue weighted by Crippen LogP contribution is -2.42. The highest BCUT2D eigenvalue weighted by molar-refractivity contribution is 5.09. The molecule has 17 heavy (non-hydrogen) atoms. The van der Waals surface area contributed by atoms with Crippen LogP contribution in [0.1, 0.15) is 38.4 Å². The molecular weight excluding hydrogens is 212 g/mol. The fourth-order valence-electron chi connectivity index (χ4n) is 3.02. The first-order valence-electron chi connectivity index (χ1n) is 6.75. The molecule has 0 saturated carbocycles. The largest absolute Gasteiger partial charge is 0.333 e. The Hall–Kier alpha value is -0.870. The molecule has 0 radical (unpaired) electrons. The second-order valence-corrected chi connectivity index (χ2v) is 4.82. The number of aryl methyl sites for hydroxylation is 1. The van der Waals surface area contributed by atoms with Crippen LogP contribution in [0.3, 0.4) is 0 Å². The Morgan fingerprint density at radius 3 is 2.88 bits per heavy atom. The van der Waals surface area contributed by atoms with E-state index in [0.29, 0.717) is 12.0 Å². The van der Waals surface area contributed by atoms with Crippen molar-refractivity contribution in [3.05, 3.63) is 18.2 Å². The summed E-state index contributed by atoms with van der Waals surface area (Å²) in [6.07, 6.45) is 6.47. The zero-order valence-electron chi connectivity index (χ0n) is 11.0. The summed E-state index contributed by atoms with van der Waals surface area (Å²) in [5.41, 5.74) is 7.29. The van der Waals surface area contributed by atoms with Crippen LogP contribution in [-0.2, 0) is 6.54 Å². The van der Waals surface area contributed by atoms with Crippen molar-refractivity contribution in [3.8, 4) is 0 Å². The van der Waals surface area contributed by atoms with Crippen molar-refractivity contribution in [1.82, 2.24) is 14.5 Å². The van der Waals surface area contributed by atoms with Gasteiger partial charge in [0.15, 0.2) is 0 Å². The lowest BCUT2D eigenvalue weighted by atomic mass is 9.87. The van der Waals surface area contributed by atoms with E-state index >= 15 is 0 Å². The van der Waals surface area contributed by atoms with Crippen LogP contribution in [0.5, 0.6) is 0 Å². The van der Waals surface area contributed by atoms with E-state index in [0.717, 1.165) is 19.6 Å².